The lowest BCUT2D eigenvalue weighted by atomic mass is 10.0. The van der Waals surface area contributed by atoms with Crippen LogP contribution in [0.2, 0.25) is 0 Å². The quantitative estimate of drug-likeness (QED) is 0.507. The van der Waals surface area contributed by atoms with Crippen molar-refractivity contribution in [2.75, 3.05) is 27.4 Å². The Balaban J connectivity index is 2.33. The molecule has 31 heavy (non-hydrogen) atoms. The van der Waals surface area contributed by atoms with Crippen LogP contribution in [0.15, 0.2) is 48.5 Å². The zero-order valence-corrected chi connectivity index (χ0v) is 17.9. The first kappa shape index (κ1) is 21.9. The predicted molar refractivity (Wildman–Crippen MR) is 114 cm³/mol. The van der Waals surface area contributed by atoms with Crippen LogP contribution in [0.5, 0.6) is 11.5 Å². The number of para-hydroxylation sites is 1. The fraction of sp³-hybridized carbons (Fsp3) is 0.261. The molecule has 2 aromatic carbocycles. The molecule has 0 aliphatic carbocycles. The average Bonchev–Trinajstić information content (AvgIpc) is 3.19. The second-order valence-electron chi connectivity index (χ2n) is 6.36. The number of carbonyl (C=O) groups excluding carboxylic acids is 2. The van der Waals surface area contributed by atoms with Gasteiger partial charge in [0.1, 0.15) is 22.8 Å². The van der Waals surface area contributed by atoms with Gasteiger partial charge in [-0.15, -0.1) is 0 Å². The Hall–Kier alpha value is -3.81. The number of hydrogen-bond acceptors (Lipinski definition) is 7. The minimum Gasteiger partial charge on any atom is -0.494 e. The molecule has 162 valence electrons. The van der Waals surface area contributed by atoms with Gasteiger partial charge in [-0.3, -0.25) is 0 Å². The van der Waals surface area contributed by atoms with Crippen LogP contribution in [-0.4, -0.2) is 49.2 Å². The van der Waals surface area contributed by atoms with E-state index in [4.69, 9.17) is 18.9 Å². The number of hydrogen-bond donors (Lipinski definition) is 0. The van der Waals surface area contributed by atoms with Crippen molar-refractivity contribution in [3.63, 3.8) is 0 Å². The first-order chi connectivity index (χ1) is 15.0. The summed E-state index contributed by atoms with van der Waals surface area (Å²) in [7, 11) is 2.49. The number of ether oxygens (including phenoxy) is 4. The zero-order chi connectivity index (χ0) is 22.4. The van der Waals surface area contributed by atoms with E-state index < -0.39 is 11.9 Å². The Labute approximate surface area is 180 Å². The first-order valence-corrected chi connectivity index (χ1v) is 9.80. The van der Waals surface area contributed by atoms with Gasteiger partial charge in [-0.05, 0) is 38.1 Å². The van der Waals surface area contributed by atoms with Crippen molar-refractivity contribution >= 4 is 11.9 Å². The van der Waals surface area contributed by atoms with E-state index in [1.54, 1.807) is 42.5 Å². The molecule has 0 amide bonds. The maximum atomic E-state index is 12.8. The Bertz CT molecular complexity index is 1050. The maximum Gasteiger partial charge on any atom is 0.357 e. The lowest BCUT2D eigenvalue weighted by Gasteiger charge is -2.10. The fourth-order valence-corrected chi connectivity index (χ4v) is 3.17. The second kappa shape index (κ2) is 9.80. The van der Waals surface area contributed by atoms with Gasteiger partial charge in [0.2, 0.25) is 0 Å². The Morgan fingerprint density at radius 3 is 1.97 bits per heavy atom. The van der Waals surface area contributed by atoms with Crippen molar-refractivity contribution in [1.82, 2.24) is 9.78 Å². The Kier molecular flexibility index (Phi) is 6.92. The monoisotopic (exact) mass is 424 g/mol. The largest absolute Gasteiger partial charge is 0.494 e. The van der Waals surface area contributed by atoms with Crippen molar-refractivity contribution in [2.24, 2.45) is 0 Å². The number of rotatable bonds is 8. The molecule has 3 rings (SSSR count). The highest BCUT2D eigenvalue weighted by atomic mass is 16.5. The van der Waals surface area contributed by atoms with Gasteiger partial charge < -0.3 is 18.9 Å². The van der Waals surface area contributed by atoms with Crippen LogP contribution in [0, 0.1) is 0 Å². The van der Waals surface area contributed by atoms with Gasteiger partial charge in [0.25, 0.3) is 0 Å². The van der Waals surface area contributed by atoms with E-state index >= 15 is 0 Å². The smallest absolute Gasteiger partial charge is 0.357 e. The van der Waals surface area contributed by atoms with Gasteiger partial charge in [0.05, 0.1) is 33.1 Å². The molecule has 0 unspecified atom stereocenters. The van der Waals surface area contributed by atoms with Crippen molar-refractivity contribution in [3.05, 3.63) is 59.8 Å². The molecule has 0 aliphatic heterocycles. The van der Waals surface area contributed by atoms with E-state index in [9.17, 15) is 9.59 Å². The van der Waals surface area contributed by atoms with Gasteiger partial charge in [-0.25, -0.2) is 14.3 Å². The number of methoxy groups -OCH3 is 2. The molecule has 1 aromatic heterocycles. The van der Waals surface area contributed by atoms with E-state index in [1.807, 2.05) is 19.9 Å². The third kappa shape index (κ3) is 4.53. The van der Waals surface area contributed by atoms with E-state index in [2.05, 4.69) is 5.10 Å². The molecule has 3 aromatic rings. The third-order valence-corrected chi connectivity index (χ3v) is 4.43. The maximum absolute atomic E-state index is 12.8. The molecule has 0 N–H and O–H groups in total. The molecular weight excluding hydrogens is 400 g/mol. The lowest BCUT2D eigenvalue weighted by Crippen LogP contribution is -2.15. The number of nitrogens with zero attached hydrogens (tertiary/aromatic N) is 2. The highest BCUT2D eigenvalue weighted by Crippen LogP contribution is 2.34. The number of benzene rings is 2. The molecule has 0 spiro atoms. The van der Waals surface area contributed by atoms with E-state index in [0.29, 0.717) is 36.0 Å². The highest BCUT2D eigenvalue weighted by molar-refractivity contribution is 6.07. The Morgan fingerprint density at radius 1 is 0.871 bits per heavy atom. The standard InChI is InChI=1S/C23H24N2O6/c1-5-30-17-12-15(13-18(14-17)31-6-2)20-19(22(26)28-3)21(23(27)29-4)25(24-20)16-10-8-7-9-11-16/h7-14H,5-6H2,1-4H3. The van der Waals surface area contributed by atoms with Crippen LogP contribution in [0.25, 0.3) is 16.9 Å². The average molecular weight is 424 g/mol. The van der Waals surface area contributed by atoms with Crippen LogP contribution in [0.1, 0.15) is 34.7 Å². The van der Waals surface area contributed by atoms with E-state index in [0.717, 1.165) is 0 Å². The van der Waals surface area contributed by atoms with Crippen LogP contribution in [0.4, 0.5) is 0 Å². The summed E-state index contributed by atoms with van der Waals surface area (Å²) >= 11 is 0. The molecule has 0 saturated carbocycles. The fourth-order valence-electron chi connectivity index (χ4n) is 3.17. The number of esters is 2. The molecule has 1 heterocycles. The van der Waals surface area contributed by atoms with Gasteiger partial charge in [0, 0.05) is 11.6 Å². The Morgan fingerprint density at radius 2 is 1.45 bits per heavy atom. The minimum atomic E-state index is -0.714. The number of aromatic nitrogens is 2. The summed E-state index contributed by atoms with van der Waals surface area (Å²) in [4.78, 5) is 25.5. The highest BCUT2D eigenvalue weighted by Gasteiger charge is 2.31. The molecule has 0 fully saturated rings. The second-order valence-corrected chi connectivity index (χ2v) is 6.36. The molecule has 0 saturated heterocycles. The molecule has 0 atom stereocenters. The van der Waals surface area contributed by atoms with Gasteiger partial charge in [-0.2, -0.15) is 5.10 Å². The summed E-state index contributed by atoms with van der Waals surface area (Å²) in [5.74, 6) is -0.326. The molecule has 0 radical (unpaired) electrons. The topological polar surface area (TPSA) is 88.9 Å². The molecule has 8 nitrogen and oxygen atoms in total. The third-order valence-electron chi connectivity index (χ3n) is 4.43. The van der Waals surface area contributed by atoms with Crippen LogP contribution in [0.3, 0.4) is 0 Å². The summed E-state index contributed by atoms with van der Waals surface area (Å²) < 4.78 is 22.6. The van der Waals surface area contributed by atoms with Crippen LogP contribution in [-0.2, 0) is 9.47 Å². The summed E-state index contributed by atoms with van der Waals surface area (Å²) in [5.41, 5.74) is 1.34. The summed E-state index contributed by atoms with van der Waals surface area (Å²) in [6.45, 7) is 4.63. The normalized spacial score (nSPS) is 10.5. The minimum absolute atomic E-state index is 0.00528. The molecule has 8 heteroatoms. The zero-order valence-electron chi connectivity index (χ0n) is 17.9. The van der Waals surface area contributed by atoms with Gasteiger partial charge in [0.15, 0.2) is 5.69 Å². The van der Waals surface area contributed by atoms with Crippen molar-refractivity contribution in [3.8, 4) is 28.4 Å². The molecule has 0 bridgehead atoms. The van der Waals surface area contributed by atoms with E-state index in [1.165, 1.54) is 18.9 Å². The van der Waals surface area contributed by atoms with Crippen LogP contribution >= 0.6 is 0 Å². The SMILES string of the molecule is CCOc1cc(OCC)cc(-c2nn(-c3ccccc3)c(C(=O)OC)c2C(=O)OC)c1. The van der Waals surface area contributed by atoms with Gasteiger partial charge in [-0.1, -0.05) is 18.2 Å². The van der Waals surface area contributed by atoms with Crippen molar-refractivity contribution < 1.29 is 28.5 Å². The lowest BCUT2D eigenvalue weighted by molar-refractivity contribution is 0.0549. The van der Waals surface area contributed by atoms with Crippen molar-refractivity contribution in [2.45, 2.75) is 13.8 Å². The summed E-state index contributed by atoms with van der Waals surface area (Å²) in [6, 6.07) is 14.2. The van der Waals surface area contributed by atoms with Crippen LogP contribution < -0.4 is 9.47 Å². The van der Waals surface area contributed by atoms with E-state index in [-0.39, 0.29) is 17.0 Å². The summed E-state index contributed by atoms with van der Waals surface area (Å²) in [5, 5.41) is 4.60. The molecule has 0 aliphatic rings. The summed E-state index contributed by atoms with van der Waals surface area (Å²) in [6.07, 6.45) is 0. The molecular formula is C23H24N2O6. The predicted octanol–water partition coefficient (Wildman–Crippen LogP) is 3.91. The first-order valence-electron chi connectivity index (χ1n) is 9.80. The van der Waals surface area contributed by atoms with Crippen molar-refractivity contribution in [1.29, 1.82) is 0 Å². The number of carbonyl (C=O) groups is 2. The van der Waals surface area contributed by atoms with Gasteiger partial charge >= 0.3 is 11.9 Å².